The summed E-state index contributed by atoms with van der Waals surface area (Å²) in [6, 6.07) is 1.54. The third kappa shape index (κ3) is 1.66. The van der Waals surface area contributed by atoms with Gasteiger partial charge in [0.2, 0.25) is 5.91 Å². The molecule has 0 radical (unpaired) electrons. The maximum absolute atomic E-state index is 11.5. The van der Waals surface area contributed by atoms with Crippen LogP contribution in [0.3, 0.4) is 0 Å². The van der Waals surface area contributed by atoms with E-state index in [4.69, 9.17) is 17.3 Å². The van der Waals surface area contributed by atoms with Gasteiger partial charge in [-0.25, -0.2) is 4.98 Å². The van der Waals surface area contributed by atoms with E-state index in [2.05, 4.69) is 4.98 Å². The van der Waals surface area contributed by atoms with Crippen molar-refractivity contribution in [3.05, 3.63) is 17.4 Å². The summed E-state index contributed by atoms with van der Waals surface area (Å²) in [4.78, 5) is 27.6. The fourth-order valence-corrected chi connectivity index (χ4v) is 1.77. The minimum atomic E-state index is -0.290. The SMILES string of the molecule is Nc1ccnc(Cl)c1N1CC(=O)CC1=O. The molecule has 1 amide bonds. The molecule has 0 unspecified atom stereocenters. The minimum Gasteiger partial charge on any atom is -0.397 e. The molecular formula is C9H8ClN3O2. The first kappa shape index (κ1) is 9.92. The summed E-state index contributed by atoms with van der Waals surface area (Å²) in [5.74, 6) is -0.430. The standard InChI is InChI=1S/C9H8ClN3O2/c10-9-8(6(11)1-2-12-9)13-4-5(14)3-7(13)15/h1-2H,3-4H2,(H2,11,12). The third-order valence-electron chi connectivity index (χ3n) is 2.16. The van der Waals surface area contributed by atoms with E-state index in [-0.39, 0.29) is 29.8 Å². The normalized spacial score (nSPS) is 16.2. The number of amides is 1. The zero-order valence-corrected chi connectivity index (χ0v) is 8.49. The summed E-state index contributed by atoms with van der Waals surface area (Å²) in [6.07, 6.45) is 1.36. The van der Waals surface area contributed by atoms with Gasteiger partial charge in [-0.3, -0.25) is 14.5 Å². The average Bonchev–Trinajstić information content (AvgIpc) is 2.45. The van der Waals surface area contributed by atoms with Crippen molar-refractivity contribution in [3.63, 3.8) is 0 Å². The minimum absolute atomic E-state index is 0.0223. The number of carbonyl (C=O) groups excluding carboxylic acids is 2. The van der Waals surface area contributed by atoms with Gasteiger partial charge in [0.05, 0.1) is 18.7 Å². The lowest BCUT2D eigenvalue weighted by molar-refractivity contribution is -0.121. The molecule has 1 saturated heterocycles. The van der Waals surface area contributed by atoms with Gasteiger partial charge in [0.15, 0.2) is 10.9 Å². The first-order valence-corrected chi connectivity index (χ1v) is 4.69. The Bertz CT molecular complexity index is 427. The molecule has 1 aromatic heterocycles. The monoisotopic (exact) mass is 225 g/mol. The summed E-state index contributed by atoms with van der Waals surface area (Å²) in [5.41, 5.74) is 6.35. The van der Waals surface area contributed by atoms with Crippen molar-refractivity contribution in [2.45, 2.75) is 6.42 Å². The molecule has 0 atom stereocenters. The number of ketones is 1. The second kappa shape index (κ2) is 3.51. The molecule has 2 heterocycles. The van der Waals surface area contributed by atoms with Gasteiger partial charge in [0.1, 0.15) is 5.69 Å². The van der Waals surface area contributed by atoms with Crippen LogP contribution in [0, 0.1) is 0 Å². The summed E-state index contributed by atoms with van der Waals surface area (Å²) >= 11 is 5.83. The van der Waals surface area contributed by atoms with Crippen molar-refractivity contribution in [3.8, 4) is 0 Å². The second-order valence-corrected chi connectivity index (χ2v) is 3.59. The number of carbonyl (C=O) groups is 2. The van der Waals surface area contributed by atoms with Gasteiger partial charge in [0.25, 0.3) is 0 Å². The zero-order valence-electron chi connectivity index (χ0n) is 7.74. The topological polar surface area (TPSA) is 76.3 Å². The number of rotatable bonds is 1. The van der Waals surface area contributed by atoms with Crippen molar-refractivity contribution >= 4 is 34.7 Å². The van der Waals surface area contributed by atoms with Crippen LogP contribution in [0.1, 0.15) is 6.42 Å². The van der Waals surface area contributed by atoms with Crippen LogP contribution in [0.5, 0.6) is 0 Å². The predicted molar refractivity (Wildman–Crippen MR) is 55.6 cm³/mol. The van der Waals surface area contributed by atoms with Gasteiger partial charge in [-0.15, -0.1) is 0 Å². The maximum Gasteiger partial charge on any atom is 0.235 e. The van der Waals surface area contributed by atoms with E-state index >= 15 is 0 Å². The number of nitrogen functional groups attached to an aromatic ring is 1. The van der Waals surface area contributed by atoms with E-state index in [1.807, 2.05) is 0 Å². The largest absolute Gasteiger partial charge is 0.397 e. The van der Waals surface area contributed by atoms with Gasteiger partial charge < -0.3 is 5.73 Å². The van der Waals surface area contributed by atoms with E-state index in [9.17, 15) is 9.59 Å². The molecule has 1 aliphatic heterocycles. The number of nitrogens with zero attached hydrogens (tertiary/aromatic N) is 2. The lowest BCUT2D eigenvalue weighted by Gasteiger charge is -2.17. The lowest BCUT2D eigenvalue weighted by Crippen LogP contribution is -2.26. The van der Waals surface area contributed by atoms with Crippen LogP contribution >= 0.6 is 11.6 Å². The molecule has 1 fully saturated rings. The van der Waals surface area contributed by atoms with Crippen LogP contribution in [0.25, 0.3) is 0 Å². The fourth-order valence-electron chi connectivity index (χ4n) is 1.50. The molecule has 78 valence electrons. The number of hydrogen-bond donors (Lipinski definition) is 1. The van der Waals surface area contributed by atoms with Gasteiger partial charge in [0, 0.05) is 6.20 Å². The van der Waals surface area contributed by atoms with Crippen LogP contribution in [0.15, 0.2) is 12.3 Å². The zero-order chi connectivity index (χ0) is 11.0. The van der Waals surface area contributed by atoms with E-state index in [1.54, 1.807) is 0 Å². The van der Waals surface area contributed by atoms with Crippen LogP contribution in [-0.2, 0) is 9.59 Å². The van der Waals surface area contributed by atoms with Crippen molar-refractivity contribution in [1.29, 1.82) is 0 Å². The number of halogens is 1. The van der Waals surface area contributed by atoms with Gasteiger partial charge in [-0.2, -0.15) is 0 Å². The number of Topliss-reactive ketones (excluding diaryl/α,β-unsaturated/α-hetero) is 1. The molecular weight excluding hydrogens is 218 g/mol. The highest BCUT2D eigenvalue weighted by Crippen LogP contribution is 2.32. The Labute approximate surface area is 90.8 Å². The Morgan fingerprint density at radius 3 is 2.73 bits per heavy atom. The Balaban J connectivity index is 2.46. The number of anilines is 2. The molecule has 0 spiro atoms. The Morgan fingerprint density at radius 1 is 1.47 bits per heavy atom. The smallest absolute Gasteiger partial charge is 0.235 e. The first-order chi connectivity index (χ1) is 7.09. The van der Waals surface area contributed by atoms with Crippen LogP contribution in [-0.4, -0.2) is 23.2 Å². The van der Waals surface area contributed by atoms with E-state index in [0.717, 1.165) is 0 Å². The third-order valence-corrected chi connectivity index (χ3v) is 2.44. The predicted octanol–water partition coefficient (Wildman–Crippen LogP) is 0.623. The van der Waals surface area contributed by atoms with Crippen molar-refractivity contribution in [1.82, 2.24) is 4.98 Å². The van der Waals surface area contributed by atoms with Crippen molar-refractivity contribution < 1.29 is 9.59 Å². The van der Waals surface area contributed by atoms with Crippen molar-refractivity contribution in [2.75, 3.05) is 17.2 Å². The van der Waals surface area contributed by atoms with Gasteiger partial charge in [-0.1, -0.05) is 11.6 Å². The van der Waals surface area contributed by atoms with Gasteiger partial charge >= 0.3 is 0 Å². The molecule has 0 aliphatic carbocycles. The quantitative estimate of drug-likeness (QED) is 0.562. The molecule has 0 aromatic carbocycles. The lowest BCUT2D eigenvalue weighted by atomic mass is 10.3. The molecule has 5 nitrogen and oxygen atoms in total. The van der Waals surface area contributed by atoms with E-state index in [0.29, 0.717) is 11.4 Å². The fraction of sp³-hybridized carbons (Fsp3) is 0.222. The van der Waals surface area contributed by atoms with E-state index in [1.165, 1.54) is 17.2 Å². The molecule has 1 aliphatic rings. The number of hydrogen-bond acceptors (Lipinski definition) is 4. The number of nitrogens with two attached hydrogens (primary N) is 1. The van der Waals surface area contributed by atoms with Crippen LogP contribution < -0.4 is 10.6 Å². The molecule has 15 heavy (non-hydrogen) atoms. The average molecular weight is 226 g/mol. The van der Waals surface area contributed by atoms with E-state index < -0.39 is 0 Å². The molecule has 6 heteroatoms. The maximum atomic E-state index is 11.5. The summed E-state index contributed by atoms with van der Waals surface area (Å²) in [7, 11) is 0. The highest BCUT2D eigenvalue weighted by molar-refractivity contribution is 6.34. The summed E-state index contributed by atoms with van der Waals surface area (Å²) in [5, 5.41) is 0.137. The van der Waals surface area contributed by atoms with Crippen LogP contribution in [0.4, 0.5) is 11.4 Å². The first-order valence-electron chi connectivity index (χ1n) is 4.31. The Morgan fingerprint density at radius 2 is 2.20 bits per heavy atom. The highest BCUT2D eigenvalue weighted by Gasteiger charge is 2.31. The molecule has 1 aromatic rings. The molecule has 2 rings (SSSR count). The van der Waals surface area contributed by atoms with Gasteiger partial charge in [-0.05, 0) is 6.07 Å². The van der Waals surface area contributed by atoms with Crippen molar-refractivity contribution in [2.24, 2.45) is 0 Å². The molecule has 2 N–H and O–H groups in total. The molecule has 0 bridgehead atoms. The molecule has 0 saturated carbocycles. The second-order valence-electron chi connectivity index (χ2n) is 3.23. The Hall–Kier alpha value is -1.62. The number of pyridine rings is 1. The summed E-state index contributed by atoms with van der Waals surface area (Å²) < 4.78 is 0. The summed E-state index contributed by atoms with van der Waals surface area (Å²) in [6.45, 7) is 0.0223. The number of aromatic nitrogens is 1. The Kier molecular flexibility index (Phi) is 2.32. The van der Waals surface area contributed by atoms with Crippen LogP contribution in [0.2, 0.25) is 5.15 Å². The highest BCUT2D eigenvalue weighted by atomic mass is 35.5.